The number of benzene rings is 1. The first-order chi connectivity index (χ1) is 12.1. The van der Waals surface area contributed by atoms with Gasteiger partial charge in [-0.05, 0) is 30.0 Å². The minimum atomic E-state index is -2.45. The first-order valence-electron chi connectivity index (χ1n) is 9.56. The van der Waals surface area contributed by atoms with E-state index in [1.807, 2.05) is 0 Å². The third kappa shape index (κ3) is 6.28. The van der Waals surface area contributed by atoms with E-state index in [0.717, 1.165) is 32.0 Å². The van der Waals surface area contributed by atoms with Crippen LogP contribution in [0.25, 0.3) is 0 Å². The first-order valence-corrected chi connectivity index (χ1v) is 14.4. The summed E-state index contributed by atoms with van der Waals surface area (Å²) in [6.07, 6.45) is 2.19. The maximum Gasteiger partial charge on any atom is 0.500 e. The van der Waals surface area contributed by atoms with E-state index in [2.05, 4.69) is 68.8 Å². The van der Waals surface area contributed by atoms with E-state index in [1.165, 1.54) is 5.56 Å². The number of rotatable bonds is 11. The normalized spacial score (nSPS) is 13.4. The smallest absolute Gasteiger partial charge is 0.377 e. The van der Waals surface area contributed by atoms with Gasteiger partial charge in [0.15, 0.2) is 0 Å². The molecule has 4 nitrogen and oxygen atoms in total. The van der Waals surface area contributed by atoms with Crippen LogP contribution in [0.4, 0.5) is 0 Å². The summed E-state index contributed by atoms with van der Waals surface area (Å²) < 4.78 is 19.4. The van der Waals surface area contributed by atoms with Crippen molar-refractivity contribution in [3.05, 3.63) is 35.9 Å². The maximum atomic E-state index is 5.55. The molecular formula is C20H39NO3Si2. The molecule has 0 aromatic heterocycles. The van der Waals surface area contributed by atoms with E-state index >= 15 is 0 Å². The Morgan fingerprint density at radius 2 is 1.42 bits per heavy atom. The van der Waals surface area contributed by atoms with Gasteiger partial charge in [0, 0.05) is 33.9 Å². The van der Waals surface area contributed by atoms with Crippen molar-refractivity contribution in [1.29, 1.82) is 0 Å². The van der Waals surface area contributed by atoms with Crippen molar-refractivity contribution in [2.45, 2.75) is 64.3 Å². The molecule has 1 aromatic rings. The van der Waals surface area contributed by atoms with Gasteiger partial charge in [0.05, 0.1) is 0 Å². The van der Waals surface area contributed by atoms with Crippen LogP contribution in [0.2, 0.25) is 24.2 Å². The van der Waals surface area contributed by atoms with Crippen molar-refractivity contribution in [3.8, 4) is 0 Å². The van der Waals surface area contributed by atoms with Crippen LogP contribution in [0, 0.1) is 0 Å². The predicted octanol–water partition coefficient (Wildman–Crippen LogP) is 5.15. The SMILES string of the molecule is CO[Si](CCCCN(Cc1ccccc1)[Si](C)(C)C(C)(C)C)(OC)OC. The molecule has 0 bridgehead atoms. The lowest BCUT2D eigenvalue weighted by atomic mass is 10.2. The largest absolute Gasteiger partial charge is 0.500 e. The van der Waals surface area contributed by atoms with Crippen molar-refractivity contribution in [3.63, 3.8) is 0 Å². The minimum absolute atomic E-state index is 0.325. The molecule has 0 saturated heterocycles. The Kier molecular flexibility index (Phi) is 9.19. The Bertz CT molecular complexity index is 505. The van der Waals surface area contributed by atoms with Gasteiger partial charge in [0.2, 0.25) is 0 Å². The average Bonchev–Trinajstić information content (AvgIpc) is 2.61. The topological polar surface area (TPSA) is 30.9 Å². The molecule has 0 amide bonds. The molecule has 0 fully saturated rings. The van der Waals surface area contributed by atoms with Gasteiger partial charge in [-0.25, -0.2) is 0 Å². The molecule has 0 aliphatic carbocycles. The van der Waals surface area contributed by atoms with Crippen LogP contribution in [0.15, 0.2) is 30.3 Å². The molecule has 0 aliphatic rings. The molecule has 0 heterocycles. The third-order valence-corrected chi connectivity index (χ3v) is 14.4. The van der Waals surface area contributed by atoms with E-state index in [4.69, 9.17) is 13.3 Å². The zero-order valence-electron chi connectivity index (χ0n) is 18.1. The van der Waals surface area contributed by atoms with Crippen molar-refractivity contribution in [2.75, 3.05) is 27.9 Å². The zero-order valence-corrected chi connectivity index (χ0v) is 20.1. The van der Waals surface area contributed by atoms with Gasteiger partial charge in [0.1, 0.15) is 8.24 Å². The standard InChI is InChI=1S/C20H39NO3Si2/c1-20(2,3)25(7,8)21(18-19-14-10-9-11-15-19)16-12-13-17-26(22-4,23-5)24-6/h9-11,14-15H,12-13,16-18H2,1-8H3. The van der Waals surface area contributed by atoms with Crippen LogP contribution in [-0.2, 0) is 19.8 Å². The van der Waals surface area contributed by atoms with Gasteiger partial charge < -0.3 is 17.8 Å². The second-order valence-electron chi connectivity index (χ2n) is 8.47. The summed E-state index contributed by atoms with van der Waals surface area (Å²) in [6.45, 7) is 14.3. The van der Waals surface area contributed by atoms with Gasteiger partial charge >= 0.3 is 8.80 Å². The Morgan fingerprint density at radius 3 is 1.88 bits per heavy atom. The van der Waals surface area contributed by atoms with Crippen LogP contribution in [0.5, 0.6) is 0 Å². The van der Waals surface area contributed by atoms with Crippen molar-refractivity contribution < 1.29 is 13.3 Å². The molecule has 26 heavy (non-hydrogen) atoms. The van der Waals surface area contributed by atoms with Crippen molar-refractivity contribution in [1.82, 2.24) is 4.57 Å². The van der Waals surface area contributed by atoms with Gasteiger partial charge in [0.25, 0.3) is 0 Å². The fraction of sp³-hybridized carbons (Fsp3) is 0.700. The summed E-state index contributed by atoms with van der Waals surface area (Å²) in [5, 5.41) is 0.325. The van der Waals surface area contributed by atoms with Crippen LogP contribution in [-0.4, -0.2) is 49.5 Å². The van der Waals surface area contributed by atoms with E-state index < -0.39 is 17.0 Å². The summed E-state index contributed by atoms with van der Waals surface area (Å²) in [5.41, 5.74) is 1.40. The summed E-state index contributed by atoms with van der Waals surface area (Å²) in [5.74, 6) is 0. The van der Waals surface area contributed by atoms with Gasteiger partial charge in [-0.15, -0.1) is 0 Å². The second-order valence-corrected chi connectivity index (χ2v) is 16.8. The Labute approximate surface area is 163 Å². The van der Waals surface area contributed by atoms with Gasteiger partial charge in [-0.2, -0.15) is 0 Å². The van der Waals surface area contributed by atoms with Crippen LogP contribution >= 0.6 is 0 Å². The Hall–Kier alpha value is -0.506. The van der Waals surface area contributed by atoms with Crippen LogP contribution in [0.1, 0.15) is 39.2 Å². The van der Waals surface area contributed by atoms with E-state index in [-0.39, 0.29) is 0 Å². The molecule has 6 heteroatoms. The molecule has 150 valence electrons. The molecule has 0 N–H and O–H groups in total. The molecular weight excluding hydrogens is 358 g/mol. The monoisotopic (exact) mass is 397 g/mol. The molecule has 0 aliphatic heterocycles. The number of unbranched alkanes of at least 4 members (excludes halogenated alkanes) is 1. The highest BCUT2D eigenvalue weighted by molar-refractivity contribution is 6.77. The van der Waals surface area contributed by atoms with Crippen LogP contribution < -0.4 is 0 Å². The molecule has 0 saturated carbocycles. The molecule has 0 atom stereocenters. The summed E-state index contributed by atoms with van der Waals surface area (Å²) in [6, 6.07) is 11.7. The fourth-order valence-corrected chi connectivity index (χ4v) is 7.07. The van der Waals surface area contributed by atoms with Crippen molar-refractivity contribution in [2.24, 2.45) is 0 Å². The quantitative estimate of drug-likeness (QED) is 0.381. The Morgan fingerprint density at radius 1 is 0.885 bits per heavy atom. The number of hydrogen-bond acceptors (Lipinski definition) is 4. The lowest BCUT2D eigenvalue weighted by molar-refractivity contribution is 0.122. The lowest BCUT2D eigenvalue weighted by Gasteiger charge is -2.46. The maximum absolute atomic E-state index is 5.55. The van der Waals surface area contributed by atoms with Crippen molar-refractivity contribution >= 4 is 17.0 Å². The molecule has 1 rings (SSSR count). The first kappa shape index (κ1) is 23.5. The number of nitrogens with zero attached hydrogens (tertiary/aromatic N) is 1. The third-order valence-electron chi connectivity index (χ3n) is 5.94. The van der Waals surface area contributed by atoms with Gasteiger partial charge in [-0.3, -0.25) is 0 Å². The van der Waals surface area contributed by atoms with E-state index in [1.54, 1.807) is 21.3 Å². The highest BCUT2D eigenvalue weighted by Crippen LogP contribution is 2.39. The average molecular weight is 398 g/mol. The highest BCUT2D eigenvalue weighted by atomic mass is 28.4. The minimum Gasteiger partial charge on any atom is -0.377 e. The fourth-order valence-electron chi connectivity index (χ4n) is 3.03. The highest BCUT2D eigenvalue weighted by Gasteiger charge is 2.41. The van der Waals surface area contributed by atoms with E-state index in [0.29, 0.717) is 5.04 Å². The van der Waals surface area contributed by atoms with E-state index in [9.17, 15) is 0 Å². The molecule has 1 aromatic carbocycles. The predicted molar refractivity (Wildman–Crippen MR) is 115 cm³/mol. The van der Waals surface area contributed by atoms with Gasteiger partial charge in [-0.1, -0.05) is 64.2 Å². The summed E-state index contributed by atoms with van der Waals surface area (Å²) in [4.78, 5) is 0. The molecule has 0 spiro atoms. The lowest BCUT2D eigenvalue weighted by Crippen LogP contribution is -2.54. The van der Waals surface area contributed by atoms with Crippen LogP contribution in [0.3, 0.4) is 0 Å². The number of hydrogen-bond donors (Lipinski definition) is 0. The molecule has 0 unspecified atom stereocenters. The zero-order chi connectivity index (χ0) is 19.8. The summed E-state index contributed by atoms with van der Waals surface area (Å²) >= 11 is 0. The Balaban J connectivity index is 2.77. The molecule has 0 radical (unpaired) electrons. The second kappa shape index (κ2) is 10.2. The summed E-state index contributed by atoms with van der Waals surface area (Å²) in [7, 11) is 1.03.